The van der Waals surface area contributed by atoms with Crippen molar-refractivity contribution in [3.05, 3.63) is 29.8 Å². The van der Waals surface area contributed by atoms with Crippen molar-refractivity contribution in [2.75, 3.05) is 13.2 Å². The molecule has 5 nitrogen and oxygen atoms in total. The lowest BCUT2D eigenvalue weighted by Crippen LogP contribution is -2.45. The second-order valence-electron chi connectivity index (χ2n) is 6.67. The van der Waals surface area contributed by atoms with Crippen LogP contribution in [0.25, 0.3) is 0 Å². The summed E-state index contributed by atoms with van der Waals surface area (Å²) in [5, 5.41) is 19.1. The highest BCUT2D eigenvalue weighted by atomic mass is 16.5. The van der Waals surface area contributed by atoms with Crippen LogP contribution in [0.2, 0.25) is 0 Å². The first-order chi connectivity index (χ1) is 11.7. The van der Waals surface area contributed by atoms with Gasteiger partial charge in [-0.15, -0.1) is 0 Å². The van der Waals surface area contributed by atoms with Crippen LogP contribution in [0, 0.1) is 17.2 Å². The topological polar surface area (TPSA) is 73.6 Å². The molecule has 1 aliphatic carbocycles. The summed E-state index contributed by atoms with van der Waals surface area (Å²) in [5.41, 5.74) is 0.505. The van der Waals surface area contributed by atoms with E-state index in [0.29, 0.717) is 11.3 Å². The number of rotatable bonds is 4. The number of aliphatic hydroxyl groups excluding tert-OH is 1. The van der Waals surface area contributed by atoms with Gasteiger partial charge in [0.2, 0.25) is 0 Å². The van der Waals surface area contributed by atoms with Gasteiger partial charge in [-0.05, 0) is 37.8 Å². The normalized spacial score (nSPS) is 26.8. The highest BCUT2D eigenvalue weighted by Gasteiger charge is 2.39. The Labute approximate surface area is 142 Å². The monoisotopic (exact) mass is 328 g/mol. The van der Waals surface area contributed by atoms with E-state index in [9.17, 15) is 9.90 Å². The number of benzene rings is 1. The number of nitriles is 1. The molecule has 1 saturated carbocycles. The maximum absolute atomic E-state index is 13.1. The van der Waals surface area contributed by atoms with Gasteiger partial charge in [-0.2, -0.15) is 5.26 Å². The van der Waals surface area contributed by atoms with Crippen LogP contribution >= 0.6 is 0 Å². The Morgan fingerprint density at radius 2 is 2.04 bits per heavy atom. The van der Waals surface area contributed by atoms with Crippen molar-refractivity contribution in [3.63, 3.8) is 0 Å². The minimum Gasteiger partial charge on any atom is -0.478 e. The fourth-order valence-electron chi connectivity index (χ4n) is 4.11. The minimum atomic E-state index is -0.303. The number of carbonyl (C=O) groups is 1. The Balaban J connectivity index is 1.80. The van der Waals surface area contributed by atoms with Crippen LogP contribution in [0.3, 0.4) is 0 Å². The van der Waals surface area contributed by atoms with Crippen LogP contribution < -0.4 is 4.74 Å². The molecule has 1 heterocycles. The molecule has 0 spiro atoms. The van der Waals surface area contributed by atoms with Gasteiger partial charge in [0.15, 0.2) is 6.61 Å². The number of likely N-dealkylation sites (tertiary alicyclic amines) is 1. The molecule has 0 radical (unpaired) electrons. The SMILES string of the molecule is N#CCOc1ccccc1C(=O)N1CCC[C@@H]1[C@@H]1CCCC[C@@H]1O. The van der Waals surface area contributed by atoms with Crippen molar-refractivity contribution >= 4 is 5.91 Å². The van der Waals surface area contributed by atoms with Crippen molar-refractivity contribution in [3.8, 4) is 11.8 Å². The average molecular weight is 328 g/mol. The summed E-state index contributed by atoms with van der Waals surface area (Å²) in [6.45, 7) is 0.647. The summed E-state index contributed by atoms with van der Waals surface area (Å²) in [6, 6.07) is 9.14. The first-order valence-corrected chi connectivity index (χ1v) is 8.80. The molecule has 1 aliphatic heterocycles. The molecule has 1 amide bonds. The molecule has 5 heteroatoms. The Kier molecular flexibility index (Phi) is 5.37. The average Bonchev–Trinajstić information content (AvgIpc) is 3.09. The Hall–Kier alpha value is -2.06. The predicted molar refractivity (Wildman–Crippen MR) is 89.6 cm³/mol. The van der Waals surface area contributed by atoms with Gasteiger partial charge >= 0.3 is 0 Å². The Bertz CT molecular complexity index is 625. The highest BCUT2D eigenvalue weighted by Crippen LogP contribution is 2.36. The van der Waals surface area contributed by atoms with Crippen molar-refractivity contribution < 1.29 is 14.6 Å². The second kappa shape index (κ2) is 7.67. The van der Waals surface area contributed by atoms with Gasteiger partial charge < -0.3 is 14.7 Å². The molecule has 24 heavy (non-hydrogen) atoms. The predicted octanol–water partition coefficient (Wildman–Crippen LogP) is 2.74. The highest BCUT2D eigenvalue weighted by molar-refractivity contribution is 5.97. The third-order valence-electron chi connectivity index (χ3n) is 5.25. The molecule has 0 aromatic heterocycles. The van der Waals surface area contributed by atoms with E-state index in [4.69, 9.17) is 10.00 Å². The summed E-state index contributed by atoms with van der Waals surface area (Å²) >= 11 is 0. The van der Waals surface area contributed by atoms with E-state index >= 15 is 0 Å². The molecular formula is C19H24N2O3. The van der Waals surface area contributed by atoms with Crippen LogP contribution in [0.5, 0.6) is 5.75 Å². The van der Waals surface area contributed by atoms with Crippen molar-refractivity contribution in [1.82, 2.24) is 4.90 Å². The lowest BCUT2D eigenvalue weighted by Gasteiger charge is -2.37. The molecule has 3 atom stereocenters. The third-order valence-corrected chi connectivity index (χ3v) is 5.25. The number of carbonyl (C=O) groups excluding carboxylic acids is 1. The molecule has 128 valence electrons. The Morgan fingerprint density at radius 1 is 1.25 bits per heavy atom. The zero-order chi connectivity index (χ0) is 16.9. The maximum atomic E-state index is 13.1. The van der Waals surface area contributed by atoms with E-state index in [2.05, 4.69) is 0 Å². The molecule has 1 aromatic carbocycles. The van der Waals surface area contributed by atoms with Gasteiger partial charge in [-0.1, -0.05) is 25.0 Å². The summed E-state index contributed by atoms with van der Waals surface area (Å²) in [5.74, 6) is 0.583. The molecule has 1 aromatic rings. The van der Waals surface area contributed by atoms with Gasteiger partial charge in [-0.25, -0.2) is 0 Å². The van der Waals surface area contributed by atoms with Gasteiger partial charge in [0.1, 0.15) is 11.8 Å². The molecule has 3 rings (SSSR count). The van der Waals surface area contributed by atoms with E-state index in [1.54, 1.807) is 18.2 Å². The molecule has 2 fully saturated rings. The molecule has 0 bridgehead atoms. The fourth-order valence-corrected chi connectivity index (χ4v) is 4.11. The number of aliphatic hydroxyl groups is 1. The standard InChI is InChI=1S/C19H24N2O3/c20-11-13-24-18-10-4-2-7-15(18)19(23)21-12-5-8-16(21)14-6-1-3-9-17(14)22/h2,4,7,10,14,16-17,22H,1,3,5-6,8-9,12-13H2/t14-,16+,17-/m0/s1. The van der Waals surface area contributed by atoms with Gasteiger partial charge in [0, 0.05) is 18.5 Å². The largest absolute Gasteiger partial charge is 0.478 e. The minimum absolute atomic E-state index is 0.0520. The second-order valence-corrected chi connectivity index (χ2v) is 6.67. The number of para-hydroxylation sites is 1. The van der Waals surface area contributed by atoms with Crippen molar-refractivity contribution in [2.45, 2.75) is 50.7 Å². The molecule has 1 saturated heterocycles. The van der Waals surface area contributed by atoms with Crippen LogP contribution in [-0.2, 0) is 0 Å². The first kappa shape index (κ1) is 16.8. The van der Waals surface area contributed by atoms with Crippen molar-refractivity contribution in [2.24, 2.45) is 5.92 Å². The number of nitrogens with zero attached hydrogens (tertiary/aromatic N) is 2. The number of amides is 1. The fraction of sp³-hybridized carbons (Fsp3) is 0.579. The summed E-state index contributed by atoms with van der Waals surface area (Å²) in [6.07, 6.45) is 5.65. The molecular weight excluding hydrogens is 304 g/mol. The zero-order valence-corrected chi connectivity index (χ0v) is 13.9. The van der Waals surface area contributed by atoms with Crippen LogP contribution in [0.15, 0.2) is 24.3 Å². The number of ether oxygens (including phenoxy) is 1. The number of hydrogen-bond donors (Lipinski definition) is 1. The van der Waals surface area contributed by atoms with Gasteiger partial charge in [-0.3, -0.25) is 4.79 Å². The van der Waals surface area contributed by atoms with E-state index in [0.717, 1.165) is 45.1 Å². The maximum Gasteiger partial charge on any atom is 0.257 e. The summed E-state index contributed by atoms with van der Waals surface area (Å²) in [4.78, 5) is 15.0. The van der Waals surface area contributed by atoms with E-state index in [-0.39, 0.29) is 30.6 Å². The summed E-state index contributed by atoms with van der Waals surface area (Å²) in [7, 11) is 0. The Morgan fingerprint density at radius 3 is 2.83 bits per heavy atom. The van der Waals surface area contributed by atoms with Crippen molar-refractivity contribution in [1.29, 1.82) is 5.26 Å². The van der Waals surface area contributed by atoms with Crippen LogP contribution in [0.1, 0.15) is 48.9 Å². The third kappa shape index (κ3) is 3.39. The molecule has 1 N–H and O–H groups in total. The lowest BCUT2D eigenvalue weighted by molar-refractivity contribution is 0.0210. The van der Waals surface area contributed by atoms with Crippen LogP contribution in [-0.4, -0.2) is 41.2 Å². The first-order valence-electron chi connectivity index (χ1n) is 8.80. The molecule has 2 aliphatic rings. The van der Waals surface area contributed by atoms with Crippen LogP contribution in [0.4, 0.5) is 0 Å². The van der Waals surface area contributed by atoms with E-state index < -0.39 is 0 Å². The molecule has 0 unspecified atom stereocenters. The van der Waals surface area contributed by atoms with Gasteiger partial charge in [0.05, 0.1) is 11.7 Å². The van der Waals surface area contributed by atoms with E-state index in [1.165, 1.54) is 0 Å². The smallest absolute Gasteiger partial charge is 0.257 e. The quantitative estimate of drug-likeness (QED) is 0.922. The lowest BCUT2D eigenvalue weighted by atomic mass is 9.80. The van der Waals surface area contributed by atoms with Gasteiger partial charge in [0.25, 0.3) is 5.91 Å². The summed E-state index contributed by atoms with van der Waals surface area (Å²) < 4.78 is 5.41. The van der Waals surface area contributed by atoms with E-state index in [1.807, 2.05) is 17.0 Å². The zero-order valence-electron chi connectivity index (χ0n) is 13.9. The number of hydrogen-bond acceptors (Lipinski definition) is 4.